The number of rotatable bonds is 11. The maximum atomic E-state index is 10.8. The van der Waals surface area contributed by atoms with Crippen molar-refractivity contribution in [3.63, 3.8) is 0 Å². The van der Waals surface area contributed by atoms with Crippen molar-refractivity contribution in [2.45, 2.75) is 62.9 Å². The summed E-state index contributed by atoms with van der Waals surface area (Å²) in [5.74, 6) is -1.37. The fourth-order valence-corrected chi connectivity index (χ4v) is 2.61. The number of carboxylic acids is 1. The molecule has 0 heterocycles. The van der Waals surface area contributed by atoms with Crippen LogP contribution >= 0.6 is 0 Å². The van der Waals surface area contributed by atoms with Crippen LogP contribution in [0, 0.1) is 0 Å². The van der Waals surface area contributed by atoms with Crippen molar-refractivity contribution in [3.8, 4) is 0 Å². The van der Waals surface area contributed by atoms with Crippen molar-refractivity contribution in [3.05, 3.63) is 48.0 Å². The molecule has 6 N–H and O–H groups in total. The first kappa shape index (κ1) is 21.3. The molecular weight excluding hydrogens is 322 g/mol. The number of aliphatic carboxylic acids is 1. The van der Waals surface area contributed by atoms with E-state index in [1.165, 1.54) is 6.08 Å². The van der Waals surface area contributed by atoms with Crippen LogP contribution in [0.4, 0.5) is 0 Å². The molecule has 0 saturated heterocycles. The molecule has 6 nitrogen and oxygen atoms in total. The smallest absolute Gasteiger partial charge is 0.323 e. The van der Waals surface area contributed by atoms with E-state index in [0.29, 0.717) is 0 Å². The van der Waals surface area contributed by atoms with Crippen LogP contribution in [0.5, 0.6) is 0 Å². The summed E-state index contributed by atoms with van der Waals surface area (Å²) in [5.41, 5.74) is 6.38. The molecule has 140 valence electrons. The van der Waals surface area contributed by atoms with Gasteiger partial charge < -0.3 is 26.2 Å². The quantitative estimate of drug-likeness (QED) is 0.303. The summed E-state index contributed by atoms with van der Waals surface area (Å²) in [6.45, 7) is 2.13. The molecule has 1 rings (SSSR count). The minimum Gasteiger partial charge on any atom is -0.480 e. The Morgan fingerprint density at radius 1 is 1.08 bits per heavy atom. The van der Waals surface area contributed by atoms with Crippen molar-refractivity contribution in [2.24, 2.45) is 5.73 Å². The molecule has 25 heavy (non-hydrogen) atoms. The highest BCUT2D eigenvalue weighted by Crippen LogP contribution is 2.24. The molecule has 0 aliphatic rings. The van der Waals surface area contributed by atoms with Crippen LogP contribution in [0.2, 0.25) is 0 Å². The van der Waals surface area contributed by atoms with Gasteiger partial charge in [0.25, 0.3) is 0 Å². The SMILES string of the molecule is CCCCCC(/C=C/C(O)C(O)C(O)C(N)C(=O)O)c1ccccc1. The van der Waals surface area contributed by atoms with Gasteiger partial charge in [-0.05, 0) is 12.0 Å². The molecule has 0 aliphatic carbocycles. The van der Waals surface area contributed by atoms with Gasteiger partial charge in [-0.15, -0.1) is 0 Å². The van der Waals surface area contributed by atoms with Gasteiger partial charge in [-0.1, -0.05) is 68.7 Å². The third-order valence-electron chi connectivity index (χ3n) is 4.24. The number of nitrogens with two attached hydrogens (primary N) is 1. The van der Waals surface area contributed by atoms with E-state index >= 15 is 0 Å². The molecule has 5 unspecified atom stereocenters. The van der Waals surface area contributed by atoms with Crippen molar-refractivity contribution in [1.29, 1.82) is 0 Å². The second kappa shape index (κ2) is 11.0. The van der Waals surface area contributed by atoms with Crippen molar-refractivity contribution in [2.75, 3.05) is 0 Å². The molecule has 0 aliphatic heterocycles. The number of unbranched alkanes of at least 4 members (excludes halogenated alkanes) is 2. The van der Waals surface area contributed by atoms with E-state index < -0.39 is 30.3 Å². The average Bonchev–Trinajstić information content (AvgIpc) is 2.62. The largest absolute Gasteiger partial charge is 0.480 e. The topological polar surface area (TPSA) is 124 Å². The van der Waals surface area contributed by atoms with Crippen LogP contribution in [0.25, 0.3) is 0 Å². The third-order valence-corrected chi connectivity index (χ3v) is 4.24. The van der Waals surface area contributed by atoms with E-state index in [4.69, 9.17) is 10.8 Å². The van der Waals surface area contributed by atoms with Crippen molar-refractivity contribution >= 4 is 5.97 Å². The Morgan fingerprint density at radius 2 is 1.72 bits per heavy atom. The van der Waals surface area contributed by atoms with Crippen LogP contribution in [-0.4, -0.2) is 50.7 Å². The zero-order valence-corrected chi connectivity index (χ0v) is 14.5. The number of aliphatic hydroxyl groups excluding tert-OH is 3. The Morgan fingerprint density at radius 3 is 2.28 bits per heavy atom. The Bertz CT molecular complexity index is 534. The van der Waals surface area contributed by atoms with Crippen molar-refractivity contribution in [1.82, 2.24) is 0 Å². The fraction of sp³-hybridized carbons (Fsp3) is 0.526. The number of carboxylic acid groups (broad SMARTS) is 1. The van der Waals surface area contributed by atoms with Gasteiger partial charge in [-0.2, -0.15) is 0 Å². The zero-order chi connectivity index (χ0) is 18.8. The van der Waals surface area contributed by atoms with Crippen molar-refractivity contribution < 1.29 is 25.2 Å². The monoisotopic (exact) mass is 351 g/mol. The van der Waals surface area contributed by atoms with E-state index in [1.807, 2.05) is 30.3 Å². The molecule has 5 atom stereocenters. The number of carbonyl (C=O) groups is 1. The highest BCUT2D eigenvalue weighted by atomic mass is 16.4. The predicted molar refractivity (Wildman–Crippen MR) is 96.1 cm³/mol. The summed E-state index contributed by atoms with van der Waals surface area (Å²) in [7, 11) is 0. The molecular formula is C19H29NO5. The van der Waals surface area contributed by atoms with Gasteiger partial charge in [-0.25, -0.2) is 0 Å². The van der Waals surface area contributed by atoms with Gasteiger partial charge in [0.05, 0.1) is 0 Å². The van der Waals surface area contributed by atoms with Crippen LogP contribution in [0.3, 0.4) is 0 Å². The third kappa shape index (κ3) is 6.96. The van der Waals surface area contributed by atoms with E-state index in [-0.39, 0.29) is 5.92 Å². The highest BCUT2D eigenvalue weighted by Gasteiger charge is 2.32. The second-order valence-corrected chi connectivity index (χ2v) is 6.23. The molecule has 1 aromatic rings. The summed E-state index contributed by atoms with van der Waals surface area (Å²) in [6.07, 6.45) is 2.49. The summed E-state index contributed by atoms with van der Waals surface area (Å²) in [4.78, 5) is 10.8. The van der Waals surface area contributed by atoms with E-state index in [2.05, 4.69) is 6.92 Å². The van der Waals surface area contributed by atoms with E-state index in [9.17, 15) is 20.1 Å². The maximum Gasteiger partial charge on any atom is 0.323 e. The molecule has 0 saturated carbocycles. The first-order valence-electron chi connectivity index (χ1n) is 8.64. The van der Waals surface area contributed by atoms with Crippen LogP contribution < -0.4 is 5.73 Å². The average molecular weight is 351 g/mol. The lowest BCUT2D eigenvalue weighted by Crippen LogP contribution is -2.51. The Kier molecular flexibility index (Phi) is 9.37. The minimum absolute atomic E-state index is 0.0693. The van der Waals surface area contributed by atoms with Gasteiger partial charge in [0.1, 0.15) is 24.4 Å². The minimum atomic E-state index is -1.76. The summed E-state index contributed by atoms with van der Waals surface area (Å²) in [6, 6.07) is 8.15. The number of benzene rings is 1. The predicted octanol–water partition coefficient (Wildman–Crippen LogP) is 1.40. The molecule has 0 radical (unpaired) electrons. The Balaban J connectivity index is 2.78. The van der Waals surface area contributed by atoms with E-state index in [0.717, 1.165) is 31.2 Å². The van der Waals surface area contributed by atoms with Gasteiger partial charge >= 0.3 is 5.97 Å². The highest BCUT2D eigenvalue weighted by molar-refractivity contribution is 5.74. The van der Waals surface area contributed by atoms with Gasteiger partial charge in [0.15, 0.2) is 0 Å². The zero-order valence-electron chi connectivity index (χ0n) is 14.5. The molecule has 0 amide bonds. The summed E-state index contributed by atoms with van der Waals surface area (Å²) in [5, 5.41) is 38.5. The van der Waals surface area contributed by atoms with Gasteiger partial charge in [-0.3, -0.25) is 4.79 Å². The van der Waals surface area contributed by atoms with Gasteiger partial charge in [0, 0.05) is 5.92 Å². The second-order valence-electron chi connectivity index (χ2n) is 6.23. The van der Waals surface area contributed by atoms with E-state index in [1.54, 1.807) is 6.08 Å². The summed E-state index contributed by atoms with van der Waals surface area (Å²) >= 11 is 0. The van der Waals surface area contributed by atoms with Crippen LogP contribution in [-0.2, 0) is 4.79 Å². The molecule has 0 spiro atoms. The Hall–Kier alpha value is -1.73. The lowest BCUT2D eigenvalue weighted by atomic mass is 9.91. The maximum absolute atomic E-state index is 10.8. The lowest BCUT2D eigenvalue weighted by molar-refractivity contribution is -0.145. The Labute approximate surface area is 148 Å². The molecule has 6 heteroatoms. The summed E-state index contributed by atoms with van der Waals surface area (Å²) < 4.78 is 0. The first-order chi connectivity index (χ1) is 11.9. The normalized spacial score (nSPS) is 17.8. The molecule has 0 fully saturated rings. The number of aliphatic hydroxyl groups is 3. The molecule has 1 aromatic carbocycles. The number of hydrogen-bond donors (Lipinski definition) is 5. The lowest BCUT2D eigenvalue weighted by Gasteiger charge is -2.24. The van der Waals surface area contributed by atoms with Crippen LogP contribution in [0.15, 0.2) is 42.5 Å². The first-order valence-corrected chi connectivity index (χ1v) is 8.64. The molecule has 0 aromatic heterocycles. The van der Waals surface area contributed by atoms with Crippen LogP contribution in [0.1, 0.15) is 44.1 Å². The number of hydrogen-bond acceptors (Lipinski definition) is 5. The standard InChI is InChI=1S/C19H29NO5/c1-2-3-5-8-14(13-9-6-4-7-10-13)11-12-15(21)17(22)18(23)16(20)19(24)25/h4,6-7,9-12,14-18,21-23H,2-3,5,8,20H2,1H3,(H,24,25)/b12-11+. The molecule has 0 bridgehead atoms. The van der Waals surface area contributed by atoms with Gasteiger partial charge in [0.2, 0.25) is 0 Å². The fourth-order valence-electron chi connectivity index (χ4n) is 2.61. The number of allylic oxidation sites excluding steroid dienone is 1.